The van der Waals surface area contributed by atoms with E-state index in [0.717, 1.165) is 4.47 Å². The van der Waals surface area contributed by atoms with Gasteiger partial charge in [-0.25, -0.2) is 9.78 Å². The van der Waals surface area contributed by atoms with Crippen LogP contribution in [0, 0.1) is 0 Å². The number of nitrogens with zero attached hydrogens (tertiary/aromatic N) is 1. The number of ether oxygens (including phenoxy) is 2. The summed E-state index contributed by atoms with van der Waals surface area (Å²) < 4.78 is 11.1. The van der Waals surface area contributed by atoms with Gasteiger partial charge in [0.25, 0.3) is 0 Å². The van der Waals surface area contributed by atoms with Crippen molar-refractivity contribution in [1.82, 2.24) is 4.98 Å². The van der Waals surface area contributed by atoms with Gasteiger partial charge in [0.15, 0.2) is 6.61 Å². The third-order valence-corrected chi connectivity index (χ3v) is 1.95. The molecule has 0 radical (unpaired) electrons. The SMILES string of the molecule is CC(C)(C)OC(=O)COc1cc(Br)ccn1. The Balaban J connectivity index is 2.43. The van der Waals surface area contributed by atoms with Gasteiger partial charge in [-0.2, -0.15) is 0 Å². The van der Waals surface area contributed by atoms with Crippen LogP contribution >= 0.6 is 15.9 Å². The highest BCUT2D eigenvalue weighted by atomic mass is 79.9. The van der Waals surface area contributed by atoms with Crippen molar-refractivity contribution in [3.63, 3.8) is 0 Å². The predicted octanol–water partition coefficient (Wildman–Crippen LogP) is 2.56. The van der Waals surface area contributed by atoms with Gasteiger partial charge in [0.1, 0.15) is 5.60 Å². The van der Waals surface area contributed by atoms with Gasteiger partial charge in [0.05, 0.1) is 0 Å². The van der Waals surface area contributed by atoms with Gasteiger partial charge in [0, 0.05) is 16.7 Å². The molecule has 88 valence electrons. The lowest BCUT2D eigenvalue weighted by Gasteiger charge is -2.19. The summed E-state index contributed by atoms with van der Waals surface area (Å²) in [6, 6.07) is 3.46. The fourth-order valence-electron chi connectivity index (χ4n) is 0.968. The number of carbonyl (C=O) groups excluding carboxylic acids is 1. The number of carbonyl (C=O) groups is 1. The standard InChI is InChI=1S/C11H14BrNO3/c1-11(2,3)16-10(14)7-15-9-6-8(12)4-5-13-9/h4-6H,7H2,1-3H3. The maximum atomic E-state index is 11.3. The molecule has 0 atom stereocenters. The average Bonchev–Trinajstić information content (AvgIpc) is 2.12. The fraction of sp³-hybridized carbons (Fsp3) is 0.455. The largest absolute Gasteiger partial charge is 0.466 e. The van der Waals surface area contributed by atoms with Crippen molar-refractivity contribution >= 4 is 21.9 Å². The summed E-state index contributed by atoms with van der Waals surface area (Å²) in [6.07, 6.45) is 1.59. The fourth-order valence-corrected chi connectivity index (χ4v) is 1.28. The first-order chi connectivity index (χ1) is 7.37. The second-order valence-electron chi connectivity index (χ2n) is 4.19. The van der Waals surface area contributed by atoms with Crippen LogP contribution in [-0.4, -0.2) is 23.2 Å². The molecular weight excluding hydrogens is 274 g/mol. The van der Waals surface area contributed by atoms with E-state index in [0.29, 0.717) is 5.88 Å². The van der Waals surface area contributed by atoms with E-state index < -0.39 is 11.6 Å². The molecule has 0 unspecified atom stereocenters. The van der Waals surface area contributed by atoms with Gasteiger partial charge in [-0.1, -0.05) is 15.9 Å². The van der Waals surface area contributed by atoms with Crippen LogP contribution in [0.2, 0.25) is 0 Å². The first kappa shape index (κ1) is 13.0. The van der Waals surface area contributed by atoms with E-state index in [-0.39, 0.29) is 6.61 Å². The molecular formula is C11H14BrNO3. The summed E-state index contributed by atoms with van der Waals surface area (Å²) in [5, 5.41) is 0. The Morgan fingerprint density at radius 1 is 1.50 bits per heavy atom. The van der Waals surface area contributed by atoms with Gasteiger partial charge in [-0.15, -0.1) is 0 Å². The highest BCUT2D eigenvalue weighted by Crippen LogP contribution is 2.14. The minimum atomic E-state index is -0.495. The Labute approximate surface area is 103 Å². The quantitative estimate of drug-likeness (QED) is 0.802. The third-order valence-electron chi connectivity index (χ3n) is 1.45. The van der Waals surface area contributed by atoms with Crippen molar-refractivity contribution in [2.75, 3.05) is 6.61 Å². The molecule has 0 aliphatic carbocycles. The van der Waals surface area contributed by atoms with E-state index in [1.54, 1.807) is 18.3 Å². The van der Waals surface area contributed by atoms with Crippen molar-refractivity contribution in [2.45, 2.75) is 26.4 Å². The monoisotopic (exact) mass is 287 g/mol. The van der Waals surface area contributed by atoms with Crippen LogP contribution in [0.4, 0.5) is 0 Å². The summed E-state index contributed by atoms with van der Waals surface area (Å²) in [6.45, 7) is 5.29. The van der Waals surface area contributed by atoms with Crippen LogP contribution in [0.25, 0.3) is 0 Å². The topological polar surface area (TPSA) is 48.4 Å². The highest BCUT2D eigenvalue weighted by molar-refractivity contribution is 9.10. The Morgan fingerprint density at radius 3 is 2.75 bits per heavy atom. The van der Waals surface area contributed by atoms with Crippen molar-refractivity contribution in [2.24, 2.45) is 0 Å². The molecule has 0 spiro atoms. The van der Waals surface area contributed by atoms with Gasteiger partial charge < -0.3 is 9.47 Å². The zero-order valence-electron chi connectivity index (χ0n) is 9.49. The molecule has 0 aliphatic heterocycles. The second-order valence-corrected chi connectivity index (χ2v) is 5.10. The molecule has 0 saturated carbocycles. The lowest BCUT2D eigenvalue weighted by atomic mass is 10.2. The molecule has 0 aliphatic rings. The molecule has 0 N–H and O–H groups in total. The van der Waals surface area contributed by atoms with Crippen molar-refractivity contribution < 1.29 is 14.3 Å². The smallest absolute Gasteiger partial charge is 0.344 e. The molecule has 5 heteroatoms. The molecule has 0 aromatic carbocycles. The van der Waals surface area contributed by atoms with Gasteiger partial charge in [-0.3, -0.25) is 0 Å². The number of hydrogen-bond acceptors (Lipinski definition) is 4. The first-order valence-corrected chi connectivity index (χ1v) is 5.62. The maximum absolute atomic E-state index is 11.3. The molecule has 0 fully saturated rings. The molecule has 1 aromatic heterocycles. The lowest BCUT2D eigenvalue weighted by molar-refractivity contribution is -0.157. The number of halogens is 1. The summed E-state index contributed by atoms with van der Waals surface area (Å²) >= 11 is 3.28. The van der Waals surface area contributed by atoms with Gasteiger partial charge in [0.2, 0.25) is 5.88 Å². The zero-order valence-corrected chi connectivity index (χ0v) is 11.1. The Hall–Kier alpha value is -1.10. The molecule has 16 heavy (non-hydrogen) atoms. The number of esters is 1. The van der Waals surface area contributed by atoms with E-state index in [4.69, 9.17) is 9.47 Å². The van der Waals surface area contributed by atoms with Crippen molar-refractivity contribution in [1.29, 1.82) is 0 Å². The summed E-state index contributed by atoms with van der Waals surface area (Å²) in [5.41, 5.74) is -0.495. The maximum Gasteiger partial charge on any atom is 0.344 e. The molecule has 0 saturated heterocycles. The van der Waals surface area contributed by atoms with Crippen LogP contribution in [0.3, 0.4) is 0 Å². The predicted molar refractivity (Wildman–Crippen MR) is 63.3 cm³/mol. The van der Waals surface area contributed by atoms with Crippen LogP contribution in [0.5, 0.6) is 5.88 Å². The van der Waals surface area contributed by atoms with E-state index >= 15 is 0 Å². The Bertz CT molecular complexity index is 374. The van der Waals surface area contributed by atoms with Crippen LogP contribution < -0.4 is 4.74 Å². The number of pyridine rings is 1. The van der Waals surface area contributed by atoms with E-state index in [2.05, 4.69) is 20.9 Å². The molecule has 0 bridgehead atoms. The lowest BCUT2D eigenvalue weighted by Crippen LogP contribution is -2.27. The third kappa shape index (κ3) is 5.11. The highest BCUT2D eigenvalue weighted by Gasteiger charge is 2.16. The molecule has 1 heterocycles. The number of hydrogen-bond donors (Lipinski definition) is 0. The number of rotatable bonds is 3. The average molecular weight is 288 g/mol. The summed E-state index contributed by atoms with van der Waals surface area (Å²) in [7, 11) is 0. The number of aromatic nitrogens is 1. The minimum absolute atomic E-state index is 0.138. The van der Waals surface area contributed by atoms with Crippen LogP contribution in [0.15, 0.2) is 22.8 Å². The Morgan fingerprint density at radius 2 is 2.19 bits per heavy atom. The van der Waals surface area contributed by atoms with E-state index in [1.807, 2.05) is 20.8 Å². The summed E-state index contributed by atoms with van der Waals surface area (Å²) in [4.78, 5) is 15.3. The Kier molecular flexibility index (Phi) is 4.29. The van der Waals surface area contributed by atoms with Gasteiger partial charge >= 0.3 is 5.97 Å². The zero-order chi connectivity index (χ0) is 12.2. The molecule has 0 amide bonds. The van der Waals surface area contributed by atoms with Crippen LogP contribution in [-0.2, 0) is 9.53 Å². The molecule has 1 rings (SSSR count). The summed E-state index contributed by atoms with van der Waals surface area (Å²) in [5.74, 6) is -0.0190. The van der Waals surface area contributed by atoms with E-state index in [1.165, 1.54) is 0 Å². The van der Waals surface area contributed by atoms with E-state index in [9.17, 15) is 4.79 Å². The molecule has 1 aromatic rings. The first-order valence-electron chi connectivity index (χ1n) is 4.83. The molecule has 4 nitrogen and oxygen atoms in total. The normalized spacial score (nSPS) is 11.0. The van der Waals surface area contributed by atoms with Gasteiger partial charge in [-0.05, 0) is 26.8 Å². The van der Waals surface area contributed by atoms with Crippen molar-refractivity contribution in [3.8, 4) is 5.88 Å². The second kappa shape index (κ2) is 5.30. The van der Waals surface area contributed by atoms with Crippen molar-refractivity contribution in [3.05, 3.63) is 22.8 Å². The van der Waals surface area contributed by atoms with Crippen LogP contribution in [0.1, 0.15) is 20.8 Å². The minimum Gasteiger partial charge on any atom is -0.466 e.